The second kappa shape index (κ2) is 7.64. The predicted molar refractivity (Wildman–Crippen MR) is 83.5 cm³/mol. The van der Waals surface area contributed by atoms with Crippen molar-refractivity contribution in [3.63, 3.8) is 0 Å². The van der Waals surface area contributed by atoms with Crippen LogP contribution in [0.1, 0.15) is 65.7 Å². The molecule has 1 saturated carbocycles. The molecule has 0 amide bonds. The normalized spacial score (nSPS) is 30.9. The number of hydrogen-bond acceptors (Lipinski definition) is 2. The molecule has 2 unspecified atom stereocenters. The van der Waals surface area contributed by atoms with Crippen LogP contribution in [0.25, 0.3) is 0 Å². The van der Waals surface area contributed by atoms with Gasteiger partial charge < -0.3 is 5.32 Å². The summed E-state index contributed by atoms with van der Waals surface area (Å²) >= 11 is 0. The van der Waals surface area contributed by atoms with Gasteiger partial charge in [0, 0.05) is 12.1 Å². The summed E-state index contributed by atoms with van der Waals surface area (Å²) in [7, 11) is 0. The second-order valence-electron chi connectivity index (χ2n) is 7.03. The minimum atomic E-state index is 0.768. The van der Waals surface area contributed by atoms with Gasteiger partial charge in [0.15, 0.2) is 0 Å². The summed E-state index contributed by atoms with van der Waals surface area (Å²) in [5.74, 6) is 1.85. The third-order valence-corrected chi connectivity index (χ3v) is 5.37. The van der Waals surface area contributed by atoms with E-state index in [4.69, 9.17) is 0 Å². The zero-order chi connectivity index (χ0) is 13.7. The first-order chi connectivity index (χ1) is 9.22. The maximum absolute atomic E-state index is 3.81. The molecule has 1 heterocycles. The molecule has 0 aromatic carbocycles. The molecule has 2 atom stereocenters. The highest BCUT2D eigenvalue weighted by Gasteiger charge is 2.32. The maximum Gasteiger partial charge on any atom is 0.0249 e. The van der Waals surface area contributed by atoms with Gasteiger partial charge >= 0.3 is 0 Å². The lowest BCUT2D eigenvalue weighted by molar-refractivity contribution is 0.0727. The van der Waals surface area contributed by atoms with Gasteiger partial charge in [0.25, 0.3) is 0 Å². The third-order valence-electron chi connectivity index (χ3n) is 5.37. The zero-order valence-corrected chi connectivity index (χ0v) is 13.3. The molecule has 2 aliphatic rings. The van der Waals surface area contributed by atoms with Crippen LogP contribution in [0.3, 0.4) is 0 Å². The summed E-state index contributed by atoms with van der Waals surface area (Å²) in [6.07, 6.45) is 9.81. The Morgan fingerprint density at radius 1 is 1.05 bits per heavy atom. The first-order valence-electron chi connectivity index (χ1n) is 8.69. The van der Waals surface area contributed by atoms with Gasteiger partial charge in [-0.05, 0) is 63.6 Å². The first kappa shape index (κ1) is 15.3. The van der Waals surface area contributed by atoms with Crippen molar-refractivity contribution in [2.75, 3.05) is 19.6 Å². The molecular weight excluding hydrogens is 232 g/mol. The molecule has 112 valence electrons. The molecule has 0 spiro atoms. The number of piperidine rings is 1. The minimum Gasteiger partial charge on any atom is -0.312 e. The summed E-state index contributed by atoms with van der Waals surface area (Å²) in [4.78, 5) is 2.81. The van der Waals surface area contributed by atoms with Crippen LogP contribution < -0.4 is 5.32 Å². The molecule has 2 nitrogen and oxygen atoms in total. The number of hydrogen-bond donors (Lipinski definition) is 1. The Morgan fingerprint density at radius 2 is 1.74 bits per heavy atom. The molecule has 0 radical (unpaired) electrons. The number of nitrogens with one attached hydrogen (secondary N) is 1. The fraction of sp³-hybridized carbons (Fsp3) is 1.00. The molecule has 0 bridgehead atoms. The van der Waals surface area contributed by atoms with Crippen LogP contribution in [-0.2, 0) is 0 Å². The number of rotatable bonds is 5. The van der Waals surface area contributed by atoms with Crippen molar-refractivity contribution in [3.8, 4) is 0 Å². The van der Waals surface area contributed by atoms with Crippen molar-refractivity contribution in [2.45, 2.75) is 77.8 Å². The van der Waals surface area contributed by atoms with Crippen LogP contribution in [0.15, 0.2) is 0 Å². The highest BCUT2D eigenvalue weighted by molar-refractivity contribution is 4.90. The molecule has 1 aliphatic heterocycles. The molecule has 1 saturated heterocycles. The lowest BCUT2D eigenvalue weighted by atomic mass is 9.83. The molecule has 2 fully saturated rings. The fourth-order valence-corrected chi connectivity index (χ4v) is 4.03. The molecule has 2 heteroatoms. The Balaban J connectivity index is 1.85. The van der Waals surface area contributed by atoms with Crippen molar-refractivity contribution in [3.05, 3.63) is 0 Å². The van der Waals surface area contributed by atoms with Crippen molar-refractivity contribution in [2.24, 2.45) is 11.8 Å². The minimum absolute atomic E-state index is 0.768. The summed E-state index contributed by atoms with van der Waals surface area (Å²) < 4.78 is 0. The zero-order valence-electron chi connectivity index (χ0n) is 13.3. The molecular formula is C17H34N2. The molecule has 0 aromatic heterocycles. The molecule has 1 N–H and O–H groups in total. The summed E-state index contributed by atoms with van der Waals surface area (Å²) in [6, 6.07) is 1.60. The van der Waals surface area contributed by atoms with Gasteiger partial charge in [-0.3, -0.25) is 4.90 Å². The summed E-state index contributed by atoms with van der Waals surface area (Å²) in [5, 5.41) is 3.81. The van der Waals surface area contributed by atoms with E-state index in [0.717, 1.165) is 23.9 Å². The van der Waals surface area contributed by atoms with Gasteiger partial charge in [-0.25, -0.2) is 0 Å². The van der Waals surface area contributed by atoms with E-state index < -0.39 is 0 Å². The SMILES string of the molecule is CCCNC1CCCCC1N1CCC(C(C)C)CC1. The van der Waals surface area contributed by atoms with E-state index in [0.29, 0.717) is 0 Å². The van der Waals surface area contributed by atoms with E-state index in [-0.39, 0.29) is 0 Å². The van der Waals surface area contributed by atoms with Gasteiger partial charge in [0.2, 0.25) is 0 Å². The van der Waals surface area contributed by atoms with E-state index in [1.165, 1.54) is 64.6 Å². The highest BCUT2D eigenvalue weighted by atomic mass is 15.2. The Kier molecular flexibility index (Phi) is 6.15. The molecule has 19 heavy (non-hydrogen) atoms. The lowest BCUT2D eigenvalue weighted by Gasteiger charge is -2.44. The fourth-order valence-electron chi connectivity index (χ4n) is 4.03. The molecule has 0 aromatic rings. The van der Waals surface area contributed by atoms with E-state index in [2.05, 4.69) is 31.0 Å². The number of nitrogens with zero attached hydrogens (tertiary/aromatic N) is 1. The van der Waals surface area contributed by atoms with Crippen LogP contribution in [0, 0.1) is 11.8 Å². The smallest absolute Gasteiger partial charge is 0.0249 e. The second-order valence-corrected chi connectivity index (χ2v) is 7.03. The van der Waals surface area contributed by atoms with Crippen LogP contribution in [-0.4, -0.2) is 36.6 Å². The first-order valence-corrected chi connectivity index (χ1v) is 8.69. The summed E-state index contributed by atoms with van der Waals surface area (Å²) in [6.45, 7) is 11.0. The molecule has 1 aliphatic carbocycles. The maximum atomic E-state index is 3.81. The average molecular weight is 266 g/mol. The van der Waals surface area contributed by atoms with Crippen molar-refractivity contribution >= 4 is 0 Å². The van der Waals surface area contributed by atoms with Crippen LogP contribution in [0.5, 0.6) is 0 Å². The standard InChI is InChI=1S/C17H34N2/c1-4-11-18-16-7-5-6-8-17(16)19-12-9-15(10-13-19)14(2)3/h14-18H,4-13H2,1-3H3. The van der Waals surface area contributed by atoms with E-state index >= 15 is 0 Å². The quantitative estimate of drug-likeness (QED) is 0.817. The molecule has 2 rings (SSSR count). The topological polar surface area (TPSA) is 15.3 Å². The van der Waals surface area contributed by atoms with E-state index in [1.54, 1.807) is 0 Å². The van der Waals surface area contributed by atoms with E-state index in [1.807, 2.05) is 0 Å². The highest BCUT2D eigenvalue weighted by Crippen LogP contribution is 2.30. The Morgan fingerprint density at radius 3 is 2.37 bits per heavy atom. The van der Waals surface area contributed by atoms with Gasteiger partial charge in [-0.2, -0.15) is 0 Å². The van der Waals surface area contributed by atoms with E-state index in [9.17, 15) is 0 Å². The summed E-state index contributed by atoms with van der Waals surface area (Å²) in [5.41, 5.74) is 0. The van der Waals surface area contributed by atoms with Gasteiger partial charge in [0.05, 0.1) is 0 Å². The third kappa shape index (κ3) is 4.19. The Labute approximate surface area is 120 Å². The van der Waals surface area contributed by atoms with Gasteiger partial charge in [0.1, 0.15) is 0 Å². The van der Waals surface area contributed by atoms with Crippen molar-refractivity contribution in [1.29, 1.82) is 0 Å². The van der Waals surface area contributed by atoms with Crippen molar-refractivity contribution in [1.82, 2.24) is 10.2 Å². The largest absolute Gasteiger partial charge is 0.312 e. The number of likely N-dealkylation sites (tertiary alicyclic amines) is 1. The van der Waals surface area contributed by atoms with Crippen LogP contribution >= 0.6 is 0 Å². The lowest BCUT2D eigenvalue weighted by Crippen LogP contribution is -2.54. The van der Waals surface area contributed by atoms with Crippen molar-refractivity contribution < 1.29 is 0 Å². The monoisotopic (exact) mass is 266 g/mol. The van der Waals surface area contributed by atoms with Crippen LogP contribution in [0.2, 0.25) is 0 Å². The average Bonchev–Trinajstić information content (AvgIpc) is 2.45. The van der Waals surface area contributed by atoms with Gasteiger partial charge in [-0.15, -0.1) is 0 Å². The van der Waals surface area contributed by atoms with Crippen LogP contribution in [0.4, 0.5) is 0 Å². The Bertz CT molecular complexity index is 244. The Hall–Kier alpha value is -0.0800. The van der Waals surface area contributed by atoms with Gasteiger partial charge in [-0.1, -0.05) is 33.6 Å². The predicted octanol–water partition coefficient (Wildman–Crippen LogP) is 3.67.